The van der Waals surface area contributed by atoms with Crippen molar-refractivity contribution in [1.82, 2.24) is 9.55 Å². The second-order valence-electron chi connectivity index (χ2n) is 3.79. The Morgan fingerprint density at radius 1 is 1.44 bits per heavy atom. The van der Waals surface area contributed by atoms with Gasteiger partial charge < -0.3 is 14.6 Å². The predicted octanol–water partition coefficient (Wildman–Crippen LogP) is 2.67. The third-order valence-electron chi connectivity index (χ3n) is 2.30. The van der Waals surface area contributed by atoms with Gasteiger partial charge in [0, 0.05) is 38.7 Å². The summed E-state index contributed by atoms with van der Waals surface area (Å²) in [5.41, 5.74) is 0. The van der Waals surface area contributed by atoms with Crippen LogP contribution in [0.4, 0.5) is 19.1 Å². The normalized spacial score (nSPS) is 11.8. The summed E-state index contributed by atoms with van der Waals surface area (Å²) in [6.07, 6.45) is -1.18. The van der Waals surface area contributed by atoms with Crippen molar-refractivity contribution < 1.29 is 17.9 Å². The Balaban J connectivity index is 2.31. The van der Waals surface area contributed by atoms with Crippen LogP contribution in [-0.2, 0) is 11.3 Å². The van der Waals surface area contributed by atoms with Crippen LogP contribution in [0, 0.1) is 0 Å². The molecule has 0 unspecified atom stereocenters. The van der Waals surface area contributed by atoms with Crippen LogP contribution in [0.5, 0.6) is 0 Å². The van der Waals surface area contributed by atoms with Gasteiger partial charge in [0.15, 0.2) is 0 Å². The number of imidazole rings is 1. The molecule has 0 amide bonds. The highest BCUT2D eigenvalue weighted by Crippen LogP contribution is 2.21. The molecular weight excluding hydrogens is 247 g/mol. The maximum Gasteiger partial charge on any atom is 0.390 e. The van der Waals surface area contributed by atoms with Crippen LogP contribution in [0.25, 0.3) is 0 Å². The number of ether oxygens (including phenoxy) is 1. The number of nitrogens with one attached hydrogen (secondary N) is 1. The van der Waals surface area contributed by atoms with Crippen molar-refractivity contribution in [2.24, 2.45) is 0 Å². The van der Waals surface area contributed by atoms with E-state index in [1.165, 1.54) is 17.0 Å². The third kappa shape index (κ3) is 5.90. The molecule has 1 rings (SSSR count). The van der Waals surface area contributed by atoms with Crippen LogP contribution in [-0.4, -0.2) is 35.5 Å². The molecule has 0 bridgehead atoms. The van der Waals surface area contributed by atoms with E-state index in [1.54, 1.807) is 0 Å². The summed E-state index contributed by atoms with van der Waals surface area (Å²) in [6, 6.07) is 0. The molecule has 4 nitrogen and oxygen atoms in total. The summed E-state index contributed by atoms with van der Waals surface area (Å²) in [4.78, 5) is 3.98. The fourth-order valence-electron chi connectivity index (χ4n) is 1.42. The van der Waals surface area contributed by atoms with Gasteiger partial charge in [-0.2, -0.15) is 13.2 Å². The zero-order chi connectivity index (χ0) is 13.4. The van der Waals surface area contributed by atoms with Gasteiger partial charge in [0.05, 0.1) is 6.42 Å². The van der Waals surface area contributed by atoms with E-state index in [-0.39, 0.29) is 6.54 Å². The average Bonchev–Trinajstić information content (AvgIpc) is 2.73. The molecule has 0 saturated heterocycles. The molecule has 0 spiro atoms. The van der Waals surface area contributed by atoms with Gasteiger partial charge in [-0.15, -0.1) is 0 Å². The number of halogens is 3. The second kappa shape index (κ2) is 7.25. The summed E-state index contributed by atoms with van der Waals surface area (Å²) in [5.74, 6) is 0.468. The minimum Gasteiger partial charge on any atom is -0.382 e. The molecule has 1 heterocycles. The molecular formula is C11H18F3N3O. The first-order valence-corrected chi connectivity index (χ1v) is 5.92. The van der Waals surface area contributed by atoms with Gasteiger partial charge in [0.1, 0.15) is 0 Å². The predicted molar refractivity (Wildman–Crippen MR) is 62.5 cm³/mol. The minimum atomic E-state index is -4.14. The lowest BCUT2D eigenvalue weighted by Crippen LogP contribution is -2.15. The molecule has 0 aliphatic heterocycles. The van der Waals surface area contributed by atoms with Crippen molar-refractivity contribution in [3.05, 3.63) is 12.4 Å². The lowest BCUT2D eigenvalue weighted by atomic mass is 10.4. The van der Waals surface area contributed by atoms with Crippen LogP contribution in [0.2, 0.25) is 0 Å². The molecule has 7 heteroatoms. The van der Waals surface area contributed by atoms with Gasteiger partial charge in [0.2, 0.25) is 5.95 Å². The van der Waals surface area contributed by atoms with E-state index >= 15 is 0 Å². The quantitative estimate of drug-likeness (QED) is 0.734. The largest absolute Gasteiger partial charge is 0.390 e. The van der Waals surface area contributed by atoms with E-state index in [9.17, 15) is 13.2 Å². The molecule has 0 atom stereocenters. The first kappa shape index (κ1) is 14.8. The monoisotopic (exact) mass is 265 g/mol. The number of aromatic nitrogens is 2. The number of rotatable bonds is 8. The van der Waals surface area contributed by atoms with E-state index in [4.69, 9.17) is 4.74 Å². The smallest absolute Gasteiger partial charge is 0.382 e. The molecule has 1 N–H and O–H groups in total. The van der Waals surface area contributed by atoms with Crippen molar-refractivity contribution >= 4 is 5.95 Å². The van der Waals surface area contributed by atoms with Gasteiger partial charge >= 0.3 is 6.18 Å². The van der Waals surface area contributed by atoms with Gasteiger partial charge in [-0.1, -0.05) is 0 Å². The summed E-state index contributed by atoms with van der Waals surface area (Å²) in [6.45, 7) is 3.73. The Kier molecular flexibility index (Phi) is 5.97. The molecule has 0 radical (unpaired) electrons. The number of alkyl halides is 3. The maximum absolute atomic E-state index is 12.1. The third-order valence-corrected chi connectivity index (χ3v) is 2.30. The van der Waals surface area contributed by atoms with E-state index in [0.29, 0.717) is 25.7 Å². The zero-order valence-electron chi connectivity index (χ0n) is 10.3. The van der Waals surface area contributed by atoms with Crippen molar-refractivity contribution in [3.63, 3.8) is 0 Å². The van der Waals surface area contributed by atoms with Gasteiger partial charge in [-0.3, -0.25) is 0 Å². The Hall–Kier alpha value is -1.24. The number of anilines is 1. The van der Waals surface area contributed by atoms with Crippen molar-refractivity contribution in [2.45, 2.75) is 32.5 Å². The first-order valence-electron chi connectivity index (χ1n) is 5.92. The van der Waals surface area contributed by atoms with Crippen molar-refractivity contribution in [3.8, 4) is 0 Å². The van der Waals surface area contributed by atoms with Crippen LogP contribution >= 0.6 is 0 Å². The molecule has 18 heavy (non-hydrogen) atoms. The molecule has 1 aromatic rings. The molecule has 0 saturated carbocycles. The van der Waals surface area contributed by atoms with Crippen molar-refractivity contribution in [1.29, 1.82) is 0 Å². The number of hydrogen-bond donors (Lipinski definition) is 1. The first-order chi connectivity index (χ1) is 8.53. The fourth-order valence-corrected chi connectivity index (χ4v) is 1.42. The fraction of sp³-hybridized carbons (Fsp3) is 0.727. The topological polar surface area (TPSA) is 39.1 Å². The Morgan fingerprint density at radius 2 is 2.22 bits per heavy atom. The summed E-state index contributed by atoms with van der Waals surface area (Å²) in [7, 11) is 0. The van der Waals surface area contributed by atoms with E-state index in [0.717, 1.165) is 6.42 Å². The highest BCUT2D eigenvalue weighted by Gasteiger charge is 2.26. The molecule has 0 fully saturated rings. The molecule has 104 valence electrons. The van der Waals surface area contributed by atoms with E-state index in [1.807, 2.05) is 6.92 Å². The lowest BCUT2D eigenvalue weighted by molar-refractivity contribution is -0.136. The van der Waals surface area contributed by atoms with Gasteiger partial charge in [0.25, 0.3) is 0 Å². The number of nitrogens with zero attached hydrogens (tertiary/aromatic N) is 2. The van der Waals surface area contributed by atoms with Crippen LogP contribution in [0.1, 0.15) is 19.8 Å². The van der Waals surface area contributed by atoms with Crippen LogP contribution in [0.15, 0.2) is 12.4 Å². The summed E-state index contributed by atoms with van der Waals surface area (Å²) >= 11 is 0. The Labute approximate surface area is 104 Å². The Bertz CT molecular complexity index is 339. The minimum absolute atomic E-state index is 0.114. The standard InChI is InChI=1S/C11H18F3N3O/c1-2-18-9-3-5-15-10-16-6-8-17(10)7-4-11(12,13)14/h6,8H,2-5,7,9H2,1H3,(H,15,16). The van der Waals surface area contributed by atoms with Gasteiger partial charge in [-0.25, -0.2) is 4.98 Å². The molecule has 0 aliphatic rings. The second-order valence-corrected chi connectivity index (χ2v) is 3.79. The highest BCUT2D eigenvalue weighted by molar-refractivity contribution is 5.25. The van der Waals surface area contributed by atoms with Crippen LogP contribution in [0.3, 0.4) is 0 Å². The number of hydrogen-bond acceptors (Lipinski definition) is 3. The lowest BCUT2D eigenvalue weighted by Gasteiger charge is -2.11. The highest BCUT2D eigenvalue weighted by atomic mass is 19.4. The average molecular weight is 265 g/mol. The number of aryl methyl sites for hydroxylation is 1. The zero-order valence-corrected chi connectivity index (χ0v) is 10.3. The van der Waals surface area contributed by atoms with Crippen molar-refractivity contribution in [2.75, 3.05) is 25.1 Å². The van der Waals surface area contributed by atoms with Gasteiger partial charge in [-0.05, 0) is 13.3 Å². The SMILES string of the molecule is CCOCCCNc1nccn1CCC(F)(F)F. The summed E-state index contributed by atoms with van der Waals surface area (Å²) in [5, 5.41) is 2.99. The molecule has 1 aromatic heterocycles. The maximum atomic E-state index is 12.1. The summed E-state index contributed by atoms with van der Waals surface area (Å²) < 4.78 is 42.9. The molecule has 0 aromatic carbocycles. The van der Waals surface area contributed by atoms with E-state index in [2.05, 4.69) is 10.3 Å². The Morgan fingerprint density at radius 3 is 2.89 bits per heavy atom. The van der Waals surface area contributed by atoms with Crippen LogP contribution < -0.4 is 5.32 Å². The molecule has 0 aliphatic carbocycles. The van der Waals surface area contributed by atoms with E-state index < -0.39 is 12.6 Å².